The number of carbonyl (C=O) groups is 2. The predicted octanol–water partition coefficient (Wildman–Crippen LogP) is 0.223. The minimum Gasteiger partial charge on any atom is -0.481 e. The number of nitrogens with two attached hydrogens (primary N) is 1. The lowest BCUT2D eigenvalue weighted by Crippen LogP contribution is -2.54. The summed E-state index contributed by atoms with van der Waals surface area (Å²) < 4.78 is 18.6. The van der Waals surface area contributed by atoms with Crippen LogP contribution in [0.15, 0.2) is 24.3 Å². The zero-order valence-electron chi connectivity index (χ0n) is 12.5. The van der Waals surface area contributed by atoms with E-state index in [4.69, 9.17) is 10.5 Å². The number of halogens is 1. The van der Waals surface area contributed by atoms with Crippen molar-refractivity contribution in [2.45, 2.75) is 13.0 Å². The van der Waals surface area contributed by atoms with Crippen LogP contribution in [-0.4, -0.2) is 60.4 Å². The van der Waals surface area contributed by atoms with Crippen molar-refractivity contribution >= 4 is 11.8 Å². The first-order valence-electron chi connectivity index (χ1n) is 7.17. The number of ether oxygens (including phenoxy) is 1. The number of rotatable bonds is 5. The van der Waals surface area contributed by atoms with E-state index in [1.165, 1.54) is 12.1 Å². The highest BCUT2D eigenvalue weighted by atomic mass is 19.1. The number of amides is 2. The molecule has 2 amide bonds. The Morgan fingerprint density at radius 2 is 1.91 bits per heavy atom. The molecule has 1 aromatic rings. The highest BCUT2D eigenvalue weighted by Gasteiger charge is 2.26. The van der Waals surface area contributed by atoms with Crippen molar-refractivity contribution in [2.75, 3.05) is 32.8 Å². The molecule has 0 aromatic heterocycles. The number of benzene rings is 1. The normalized spacial score (nSPS) is 17.1. The summed E-state index contributed by atoms with van der Waals surface area (Å²) in [5.74, 6) is -0.996. The van der Waals surface area contributed by atoms with Gasteiger partial charge in [0, 0.05) is 26.2 Å². The molecule has 1 heterocycles. The molecule has 120 valence electrons. The molecule has 1 aliphatic rings. The molecular formula is C15H20FN3O3. The standard InChI is InChI=1S/C15H20FN3O3/c1-11(15(17)21)18-6-8-19(9-7-18)14(20)10-22-13-5-3-2-4-12(13)16/h2-5,11H,6-10H2,1H3,(H2,17,21). The molecule has 1 saturated heterocycles. The number of nitrogens with zero attached hydrogens (tertiary/aromatic N) is 2. The lowest BCUT2D eigenvalue weighted by Gasteiger charge is -2.36. The predicted molar refractivity (Wildman–Crippen MR) is 78.7 cm³/mol. The van der Waals surface area contributed by atoms with Gasteiger partial charge >= 0.3 is 0 Å². The van der Waals surface area contributed by atoms with Gasteiger partial charge in [-0.2, -0.15) is 0 Å². The molecule has 0 aliphatic carbocycles. The van der Waals surface area contributed by atoms with Crippen LogP contribution >= 0.6 is 0 Å². The number of piperazine rings is 1. The smallest absolute Gasteiger partial charge is 0.260 e. The zero-order valence-corrected chi connectivity index (χ0v) is 12.5. The third kappa shape index (κ3) is 3.94. The van der Waals surface area contributed by atoms with Gasteiger partial charge < -0.3 is 15.4 Å². The van der Waals surface area contributed by atoms with E-state index in [1.807, 2.05) is 4.90 Å². The van der Waals surface area contributed by atoms with Crippen molar-refractivity contribution in [2.24, 2.45) is 5.73 Å². The first-order valence-corrected chi connectivity index (χ1v) is 7.17. The molecule has 6 nitrogen and oxygen atoms in total. The highest BCUT2D eigenvalue weighted by molar-refractivity contribution is 5.80. The summed E-state index contributed by atoms with van der Waals surface area (Å²) in [7, 11) is 0. The number of carbonyl (C=O) groups excluding carboxylic acids is 2. The van der Waals surface area contributed by atoms with E-state index in [0.717, 1.165) is 0 Å². The fraction of sp³-hybridized carbons (Fsp3) is 0.467. The molecule has 7 heteroatoms. The third-order valence-corrected chi connectivity index (χ3v) is 3.81. The van der Waals surface area contributed by atoms with Gasteiger partial charge in [0.05, 0.1) is 6.04 Å². The van der Waals surface area contributed by atoms with Crippen molar-refractivity contribution in [3.05, 3.63) is 30.1 Å². The summed E-state index contributed by atoms with van der Waals surface area (Å²) >= 11 is 0. The number of hydrogen-bond donors (Lipinski definition) is 1. The molecule has 1 aromatic carbocycles. The molecular weight excluding hydrogens is 289 g/mol. The molecule has 1 aliphatic heterocycles. The van der Waals surface area contributed by atoms with Gasteiger partial charge in [0.15, 0.2) is 18.2 Å². The molecule has 0 radical (unpaired) electrons. The topological polar surface area (TPSA) is 75.9 Å². The molecule has 0 spiro atoms. The van der Waals surface area contributed by atoms with Gasteiger partial charge in [-0.15, -0.1) is 0 Å². The molecule has 1 fully saturated rings. The lowest BCUT2D eigenvalue weighted by atomic mass is 10.2. The summed E-state index contributed by atoms with van der Waals surface area (Å²) in [5, 5.41) is 0. The first kappa shape index (κ1) is 16.2. The zero-order chi connectivity index (χ0) is 16.1. The minimum absolute atomic E-state index is 0.0665. The quantitative estimate of drug-likeness (QED) is 0.844. The van der Waals surface area contributed by atoms with E-state index in [9.17, 15) is 14.0 Å². The average Bonchev–Trinajstić information content (AvgIpc) is 2.53. The Kier molecular flexibility index (Phi) is 5.32. The van der Waals surface area contributed by atoms with E-state index in [1.54, 1.807) is 24.0 Å². The fourth-order valence-corrected chi connectivity index (χ4v) is 2.33. The van der Waals surface area contributed by atoms with Crippen LogP contribution in [0.5, 0.6) is 5.75 Å². The Morgan fingerprint density at radius 3 is 2.50 bits per heavy atom. The fourth-order valence-electron chi connectivity index (χ4n) is 2.33. The molecule has 0 saturated carbocycles. The Balaban J connectivity index is 1.80. The van der Waals surface area contributed by atoms with Crippen molar-refractivity contribution < 1.29 is 18.7 Å². The van der Waals surface area contributed by atoms with Crippen LogP contribution in [-0.2, 0) is 9.59 Å². The maximum Gasteiger partial charge on any atom is 0.260 e. The first-order chi connectivity index (χ1) is 10.5. The third-order valence-electron chi connectivity index (χ3n) is 3.81. The second-order valence-corrected chi connectivity index (χ2v) is 5.21. The minimum atomic E-state index is -0.490. The Labute approximate surface area is 128 Å². The number of hydrogen-bond acceptors (Lipinski definition) is 4. The van der Waals surface area contributed by atoms with Crippen LogP contribution in [0.25, 0.3) is 0 Å². The Bertz CT molecular complexity index is 545. The molecule has 2 N–H and O–H groups in total. The summed E-state index contributed by atoms with van der Waals surface area (Å²) in [6.07, 6.45) is 0. The number of primary amides is 1. The van der Waals surface area contributed by atoms with E-state index < -0.39 is 5.82 Å². The van der Waals surface area contributed by atoms with Gasteiger partial charge in [0.2, 0.25) is 5.91 Å². The van der Waals surface area contributed by atoms with Gasteiger partial charge in [-0.3, -0.25) is 14.5 Å². The Morgan fingerprint density at radius 1 is 1.27 bits per heavy atom. The summed E-state index contributed by atoms with van der Waals surface area (Å²) in [6.45, 7) is 3.70. The maximum atomic E-state index is 13.4. The monoisotopic (exact) mass is 309 g/mol. The summed E-state index contributed by atoms with van der Waals surface area (Å²) in [4.78, 5) is 26.8. The molecule has 22 heavy (non-hydrogen) atoms. The van der Waals surface area contributed by atoms with Crippen molar-refractivity contribution in [3.63, 3.8) is 0 Å². The van der Waals surface area contributed by atoms with E-state index in [-0.39, 0.29) is 30.2 Å². The van der Waals surface area contributed by atoms with Gasteiger partial charge in [0.1, 0.15) is 0 Å². The average molecular weight is 309 g/mol. The van der Waals surface area contributed by atoms with Crippen molar-refractivity contribution in [1.29, 1.82) is 0 Å². The Hall–Kier alpha value is -2.15. The van der Waals surface area contributed by atoms with Crippen molar-refractivity contribution in [3.8, 4) is 5.75 Å². The van der Waals surface area contributed by atoms with Crippen LogP contribution < -0.4 is 10.5 Å². The van der Waals surface area contributed by atoms with Gasteiger partial charge in [0.25, 0.3) is 5.91 Å². The van der Waals surface area contributed by atoms with E-state index in [2.05, 4.69) is 0 Å². The van der Waals surface area contributed by atoms with Crippen LogP contribution in [0.3, 0.4) is 0 Å². The van der Waals surface area contributed by atoms with Gasteiger partial charge in [-0.05, 0) is 19.1 Å². The molecule has 0 bridgehead atoms. The van der Waals surface area contributed by atoms with Gasteiger partial charge in [-0.25, -0.2) is 4.39 Å². The molecule has 1 atom stereocenters. The number of para-hydroxylation sites is 1. The van der Waals surface area contributed by atoms with Crippen LogP contribution in [0.2, 0.25) is 0 Å². The lowest BCUT2D eigenvalue weighted by molar-refractivity contribution is -0.136. The second kappa shape index (κ2) is 7.22. The van der Waals surface area contributed by atoms with E-state index in [0.29, 0.717) is 26.2 Å². The van der Waals surface area contributed by atoms with Crippen LogP contribution in [0.4, 0.5) is 4.39 Å². The van der Waals surface area contributed by atoms with Gasteiger partial charge in [-0.1, -0.05) is 12.1 Å². The van der Waals surface area contributed by atoms with Crippen LogP contribution in [0, 0.1) is 5.82 Å². The second-order valence-electron chi connectivity index (χ2n) is 5.21. The van der Waals surface area contributed by atoms with Crippen LogP contribution in [0.1, 0.15) is 6.92 Å². The van der Waals surface area contributed by atoms with Crippen molar-refractivity contribution in [1.82, 2.24) is 9.80 Å². The SMILES string of the molecule is CC(C(N)=O)N1CCN(C(=O)COc2ccccc2F)CC1. The summed E-state index contributed by atoms with van der Waals surface area (Å²) in [5.41, 5.74) is 5.27. The highest BCUT2D eigenvalue weighted by Crippen LogP contribution is 2.15. The molecule has 2 rings (SSSR count). The largest absolute Gasteiger partial charge is 0.481 e. The maximum absolute atomic E-state index is 13.4. The molecule has 1 unspecified atom stereocenters. The summed E-state index contributed by atoms with van der Waals surface area (Å²) in [6, 6.07) is 5.63. The van der Waals surface area contributed by atoms with E-state index >= 15 is 0 Å².